The summed E-state index contributed by atoms with van der Waals surface area (Å²) >= 11 is 6.91. The molecule has 1 aromatic carbocycles. The van der Waals surface area contributed by atoms with Gasteiger partial charge in [0.1, 0.15) is 0 Å². The topological polar surface area (TPSA) is 35.5 Å². The van der Waals surface area contributed by atoms with E-state index < -0.39 is 0 Å². The molecule has 3 nitrogen and oxygen atoms in total. The first-order valence-electron chi connectivity index (χ1n) is 6.81. The van der Waals surface area contributed by atoms with Crippen LogP contribution in [0.15, 0.2) is 27.1 Å². The smallest absolute Gasteiger partial charge is 0.167 e. The standard InChI is InChI=1S/C15H16Br2O3/c16-11-1-2-13(17)12(7-11)14(18)10-3-5-20-15(8-10)4-6-19-9-15/h1-2,7,10H,3-6,8-9H2. The van der Waals surface area contributed by atoms with Crippen LogP contribution in [0.25, 0.3) is 0 Å². The Bertz CT molecular complexity index is 524. The minimum atomic E-state index is -0.225. The average Bonchev–Trinajstić information content (AvgIpc) is 2.88. The number of benzene rings is 1. The molecule has 0 N–H and O–H groups in total. The second kappa shape index (κ2) is 5.87. The normalized spacial score (nSPS) is 29.8. The van der Waals surface area contributed by atoms with Crippen LogP contribution in [-0.4, -0.2) is 31.2 Å². The number of carbonyl (C=O) groups excluding carboxylic acids is 1. The molecule has 3 rings (SSSR count). The van der Waals surface area contributed by atoms with Crippen molar-refractivity contribution in [3.8, 4) is 0 Å². The minimum Gasteiger partial charge on any atom is -0.378 e. The van der Waals surface area contributed by atoms with E-state index in [1.165, 1.54) is 0 Å². The van der Waals surface area contributed by atoms with Crippen LogP contribution < -0.4 is 0 Å². The largest absolute Gasteiger partial charge is 0.378 e. The summed E-state index contributed by atoms with van der Waals surface area (Å²) in [7, 11) is 0. The summed E-state index contributed by atoms with van der Waals surface area (Å²) in [6, 6.07) is 5.72. The van der Waals surface area contributed by atoms with Crippen LogP contribution >= 0.6 is 31.9 Å². The third-order valence-corrected chi connectivity index (χ3v) is 5.31. The fourth-order valence-electron chi connectivity index (χ4n) is 3.02. The Morgan fingerprint density at radius 2 is 2.15 bits per heavy atom. The van der Waals surface area contributed by atoms with Gasteiger partial charge in [-0.1, -0.05) is 31.9 Å². The third kappa shape index (κ3) is 2.86. The van der Waals surface area contributed by atoms with Crippen LogP contribution in [0.3, 0.4) is 0 Å². The predicted molar refractivity (Wildman–Crippen MR) is 83.0 cm³/mol. The van der Waals surface area contributed by atoms with Crippen molar-refractivity contribution >= 4 is 37.6 Å². The molecule has 0 radical (unpaired) electrons. The van der Waals surface area contributed by atoms with Gasteiger partial charge in [-0.15, -0.1) is 0 Å². The second-order valence-corrected chi connectivity index (χ2v) is 7.28. The molecule has 5 heteroatoms. The van der Waals surface area contributed by atoms with Crippen molar-refractivity contribution in [1.82, 2.24) is 0 Å². The zero-order valence-corrected chi connectivity index (χ0v) is 14.2. The quantitative estimate of drug-likeness (QED) is 0.700. The van der Waals surface area contributed by atoms with E-state index >= 15 is 0 Å². The van der Waals surface area contributed by atoms with Gasteiger partial charge in [0, 0.05) is 40.1 Å². The molecule has 0 aromatic heterocycles. The maximum Gasteiger partial charge on any atom is 0.167 e. The number of hydrogen-bond donors (Lipinski definition) is 0. The van der Waals surface area contributed by atoms with Crippen LogP contribution in [0.5, 0.6) is 0 Å². The van der Waals surface area contributed by atoms with Gasteiger partial charge in [0.05, 0.1) is 12.2 Å². The Labute approximate surface area is 135 Å². The lowest BCUT2D eigenvalue weighted by molar-refractivity contribution is -0.0920. The molecule has 20 heavy (non-hydrogen) atoms. The summed E-state index contributed by atoms with van der Waals surface area (Å²) in [4.78, 5) is 12.8. The van der Waals surface area contributed by atoms with Gasteiger partial charge in [0.2, 0.25) is 0 Å². The monoisotopic (exact) mass is 402 g/mol. The van der Waals surface area contributed by atoms with Crippen LogP contribution in [-0.2, 0) is 9.47 Å². The summed E-state index contributed by atoms with van der Waals surface area (Å²) in [5, 5.41) is 0. The first-order valence-corrected chi connectivity index (χ1v) is 8.39. The molecular formula is C15H16Br2O3. The van der Waals surface area contributed by atoms with Gasteiger partial charge in [-0.3, -0.25) is 4.79 Å². The summed E-state index contributed by atoms with van der Waals surface area (Å²) in [6.45, 7) is 2.00. The highest BCUT2D eigenvalue weighted by atomic mass is 79.9. The van der Waals surface area contributed by atoms with E-state index in [9.17, 15) is 4.79 Å². The summed E-state index contributed by atoms with van der Waals surface area (Å²) < 4.78 is 13.1. The number of carbonyl (C=O) groups is 1. The van der Waals surface area contributed by atoms with E-state index in [4.69, 9.17) is 9.47 Å². The number of ether oxygens (including phenoxy) is 2. The fraction of sp³-hybridized carbons (Fsp3) is 0.533. The number of rotatable bonds is 2. The van der Waals surface area contributed by atoms with E-state index in [0.717, 1.165) is 40.4 Å². The Morgan fingerprint density at radius 3 is 2.90 bits per heavy atom. The van der Waals surface area contributed by atoms with Crippen LogP contribution in [0.1, 0.15) is 29.6 Å². The van der Waals surface area contributed by atoms with E-state index in [2.05, 4.69) is 31.9 Å². The van der Waals surface area contributed by atoms with Crippen LogP contribution in [0.2, 0.25) is 0 Å². The molecule has 1 aromatic rings. The minimum absolute atomic E-state index is 0.0241. The SMILES string of the molecule is O=C(c1cc(Br)ccc1Br)C1CCOC2(CCOC2)C1. The molecule has 1 spiro atoms. The fourth-order valence-corrected chi connectivity index (χ4v) is 3.82. The molecule has 2 fully saturated rings. The van der Waals surface area contributed by atoms with Gasteiger partial charge in [-0.05, 0) is 31.0 Å². The third-order valence-electron chi connectivity index (χ3n) is 4.12. The van der Waals surface area contributed by atoms with Gasteiger partial charge in [-0.2, -0.15) is 0 Å². The summed E-state index contributed by atoms with van der Waals surface area (Å²) in [5.74, 6) is 0.226. The first-order chi connectivity index (χ1) is 9.60. The van der Waals surface area contributed by atoms with Gasteiger partial charge < -0.3 is 9.47 Å². The van der Waals surface area contributed by atoms with Gasteiger partial charge in [-0.25, -0.2) is 0 Å². The molecule has 0 amide bonds. The molecule has 2 unspecified atom stereocenters. The molecular weight excluding hydrogens is 388 g/mol. The predicted octanol–water partition coefficient (Wildman–Crippen LogP) is 3.98. The highest BCUT2D eigenvalue weighted by Gasteiger charge is 2.43. The van der Waals surface area contributed by atoms with E-state index in [1.54, 1.807) is 0 Å². The van der Waals surface area contributed by atoms with Crippen molar-refractivity contribution in [1.29, 1.82) is 0 Å². The van der Waals surface area contributed by atoms with Gasteiger partial charge >= 0.3 is 0 Å². The zero-order chi connectivity index (χ0) is 14.2. The van der Waals surface area contributed by atoms with Crippen LogP contribution in [0, 0.1) is 5.92 Å². The Morgan fingerprint density at radius 1 is 1.30 bits per heavy atom. The molecule has 2 heterocycles. The first kappa shape index (κ1) is 14.7. The molecule has 0 saturated carbocycles. The van der Waals surface area contributed by atoms with E-state index in [1.807, 2.05) is 18.2 Å². The van der Waals surface area contributed by atoms with Crippen molar-refractivity contribution < 1.29 is 14.3 Å². The molecule has 2 aliphatic heterocycles. The lowest BCUT2D eigenvalue weighted by Crippen LogP contribution is -2.42. The van der Waals surface area contributed by atoms with Crippen molar-refractivity contribution in [2.24, 2.45) is 5.92 Å². The summed E-state index contributed by atoms with van der Waals surface area (Å²) in [6.07, 6.45) is 2.46. The van der Waals surface area contributed by atoms with Crippen molar-refractivity contribution in [3.63, 3.8) is 0 Å². The Hall–Kier alpha value is -0.230. The number of Topliss-reactive ketones (excluding diaryl/α,β-unsaturated/α-hetero) is 1. The second-order valence-electron chi connectivity index (χ2n) is 5.51. The molecule has 0 bridgehead atoms. The Kier molecular flexibility index (Phi) is 4.32. The average molecular weight is 404 g/mol. The number of halogens is 2. The van der Waals surface area contributed by atoms with Crippen molar-refractivity contribution in [3.05, 3.63) is 32.7 Å². The lowest BCUT2D eigenvalue weighted by Gasteiger charge is -2.36. The molecule has 2 aliphatic rings. The van der Waals surface area contributed by atoms with Gasteiger partial charge in [0.15, 0.2) is 5.78 Å². The molecule has 2 atom stereocenters. The maximum atomic E-state index is 12.8. The lowest BCUT2D eigenvalue weighted by atomic mass is 9.81. The molecule has 2 saturated heterocycles. The van der Waals surface area contributed by atoms with E-state index in [-0.39, 0.29) is 17.3 Å². The summed E-state index contributed by atoms with van der Waals surface area (Å²) in [5.41, 5.74) is 0.525. The molecule has 0 aliphatic carbocycles. The number of ketones is 1. The highest BCUT2D eigenvalue weighted by molar-refractivity contribution is 9.11. The number of hydrogen-bond acceptors (Lipinski definition) is 3. The highest BCUT2D eigenvalue weighted by Crippen LogP contribution is 2.38. The maximum absolute atomic E-state index is 12.8. The Balaban J connectivity index is 1.81. The van der Waals surface area contributed by atoms with Crippen molar-refractivity contribution in [2.45, 2.75) is 24.9 Å². The van der Waals surface area contributed by atoms with Crippen molar-refractivity contribution in [2.75, 3.05) is 19.8 Å². The van der Waals surface area contributed by atoms with Gasteiger partial charge in [0.25, 0.3) is 0 Å². The van der Waals surface area contributed by atoms with E-state index in [0.29, 0.717) is 13.2 Å². The molecule has 108 valence electrons. The zero-order valence-electron chi connectivity index (χ0n) is 11.0. The van der Waals surface area contributed by atoms with Crippen LogP contribution in [0.4, 0.5) is 0 Å².